The van der Waals surface area contributed by atoms with Gasteiger partial charge in [0, 0.05) is 39.8 Å². The van der Waals surface area contributed by atoms with E-state index in [1.165, 1.54) is 12.1 Å². The van der Waals surface area contributed by atoms with Crippen molar-refractivity contribution in [3.63, 3.8) is 0 Å². The van der Waals surface area contributed by atoms with Gasteiger partial charge in [0.05, 0.1) is 0 Å². The molecule has 0 heterocycles. The van der Waals surface area contributed by atoms with E-state index in [4.69, 9.17) is 0 Å². The number of carbonyl (C=O) groups excluding carboxylic acids is 1. The van der Waals surface area contributed by atoms with Gasteiger partial charge < -0.3 is 15.5 Å². The number of aliphatic imine (C=N–C) groups is 1. The first kappa shape index (κ1) is 20.4. The van der Waals surface area contributed by atoms with Crippen LogP contribution in [0.2, 0.25) is 0 Å². The molecular formula is C21H27FN4O. The van der Waals surface area contributed by atoms with E-state index < -0.39 is 0 Å². The number of hydrogen-bond acceptors (Lipinski definition) is 2. The Balaban J connectivity index is 1.77. The van der Waals surface area contributed by atoms with Crippen LogP contribution < -0.4 is 10.6 Å². The minimum Gasteiger partial charge on any atom is -0.356 e. The Morgan fingerprint density at radius 1 is 1.00 bits per heavy atom. The van der Waals surface area contributed by atoms with E-state index in [1.807, 2.05) is 24.3 Å². The van der Waals surface area contributed by atoms with Crippen LogP contribution in [0.15, 0.2) is 53.5 Å². The van der Waals surface area contributed by atoms with Gasteiger partial charge in [0.25, 0.3) is 5.91 Å². The molecule has 0 unspecified atom stereocenters. The summed E-state index contributed by atoms with van der Waals surface area (Å²) >= 11 is 0. The highest BCUT2D eigenvalue weighted by atomic mass is 19.1. The molecule has 0 aliphatic heterocycles. The molecule has 0 fully saturated rings. The Bertz CT molecular complexity index is 772. The number of rotatable bonds is 7. The van der Waals surface area contributed by atoms with Crippen LogP contribution in [-0.2, 0) is 12.8 Å². The Morgan fingerprint density at radius 2 is 1.63 bits per heavy atom. The molecule has 0 spiro atoms. The Hall–Kier alpha value is -2.89. The number of nitrogens with one attached hydrogen (secondary N) is 2. The topological polar surface area (TPSA) is 56.7 Å². The van der Waals surface area contributed by atoms with Crippen molar-refractivity contribution >= 4 is 11.9 Å². The zero-order valence-corrected chi connectivity index (χ0v) is 16.1. The molecule has 0 atom stereocenters. The first-order chi connectivity index (χ1) is 13.0. The first-order valence-electron chi connectivity index (χ1n) is 8.99. The minimum atomic E-state index is -0.222. The number of hydrogen-bond donors (Lipinski definition) is 2. The SMILES string of the molecule is CN=C(NCCc1ccc(F)cc1)NCCc1cccc(C(=O)N(C)C)c1. The largest absolute Gasteiger partial charge is 0.356 e. The highest BCUT2D eigenvalue weighted by Gasteiger charge is 2.08. The normalized spacial score (nSPS) is 11.2. The van der Waals surface area contributed by atoms with Gasteiger partial charge in [0.1, 0.15) is 5.82 Å². The second kappa shape index (κ2) is 10.3. The van der Waals surface area contributed by atoms with Gasteiger partial charge in [-0.05, 0) is 48.2 Å². The Kier molecular flexibility index (Phi) is 7.79. The molecule has 0 radical (unpaired) electrons. The zero-order chi connectivity index (χ0) is 19.6. The molecule has 27 heavy (non-hydrogen) atoms. The predicted octanol–water partition coefficient (Wildman–Crippen LogP) is 2.48. The lowest BCUT2D eigenvalue weighted by molar-refractivity contribution is 0.0827. The number of carbonyl (C=O) groups is 1. The lowest BCUT2D eigenvalue weighted by Crippen LogP contribution is -2.39. The fraction of sp³-hybridized carbons (Fsp3) is 0.333. The van der Waals surface area contributed by atoms with E-state index in [9.17, 15) is 9.18 Å². The van der Waals surface area contributed by atoms with Gasteiger partial charge in [0.15, 0.2) is 5.96 Å². The molecule has 6 heteroatoms. The summed E-state index contributed by atoms with van der Waals surface area (Å²) in [6.45, 7) is 1.41. The number of amides is 1. The van der Waals surface area contributed by atoms with Crippen molar-refractivity contribution < 1.29 is 9.18 Å². The average molecular weight is 370 g/mol. The number of halogens is 1. The highest BCUT2D eigenvalue weighted by Crippen LogP contribution is 2.08. The lowest BCUT2D eigenvalue weighted by atomic mass is 10.1. The molecule has 144 valence electrons. The summed E-state index contributed by atoms with van der Waals surface area (Å²) in [5, 5.41) is 6.52. The predicted molar refractivity (Wildman–Crippen MR) is 108 cm³/mol. The molecule has 0 saturated carbocycles. The maximum Gasteiger partial charge on any atom is 0.253 e. The monoisotopic (exact) mass is 370 g/mol. The molecule has 2 rings (SSSR count). The third-order valence-electron chi connectivity index (χ3n) is 4.13. The van der Waals surface area contributed by atoms with E-state index in [-0.39, 0.29) is 11.7 Å². The van der Waals surface area contributed by atoms with E-state index in [0.717, 1.165) is 29.9 Å². The van der Waals surface area contributed by atoms with Crippen LogP contribution in [0.1, 0.15) is 21.5 Å². The molecule has 0 aliphatic carbocycles. The zero-order valence-electron chi connectivity index (χ0n) is 16.1. The van der Waals surface area contributed by atoms with Crippen molar-refractivity contribution in [3.8, 4) is 0 Å². The van der Waals surface area contributed by atoms with Gasteiger partial charge >= 0.3 is 0 Å². The lowest BCUT2D eigenvalue weighted by Gasteiger charge is -2.13. The standard InChI is InChI=1S/C21H27FN4O/c1-23-21(24-13-11-16-7-9-19(22)10-8-16)25-14-12-17-5-4-6-18(15-17)20(27)26(2)3/h4-10,15H,11-14H2,1-3H3,(H2,23,24,25). The number of guanidine groups is 1. The summed E-state index contributed by atoms with van der Waals surface area (Å²) in [7, 11) is 5.22. The smallest absolute Gasteiger partial charge is 0.253 e. The summed E-state index contributed by atoms with van der Waals surface area (Å²) in [5.41, 5.74) is 2.86. The van der Waals surface area contributed by atoms with Crippen LogP contribution in [0, 0.1) is 5.82 Å². The minimum absolute atomic E-state index is 0.00285. The molecule has 2 N–H and O–H groups in total. The molecule has 5 nitrogen and oxygen atoms in total. The third kappa shape index (κ3) is 6.73. The summed E-state index contributed by atoms with van der Waals surface area (Å²) in [6.07, 6.45) is 1.57. The van der Waals surface area contributed by atoms with Crippen molar-refractivity contribution in [1.82, 2.24) is 15.5 Å². The van der Waals surface area contributed by atoms with Crippen LogP contribution in [0.3, 0.4) is 0 Å². The summed E-state index contributed by atoms with van der Waals surface area (Å²) in [5.74, 6) is 0.501. The summed E-state index contributed by atoms with van der Waals surface area (Å²) in [4.78, 5) is 17.8. The van der Waals surface area contributed by atoms with Crippen LogP contribution in [0.5, 0.6) is 0 Å². The van der Waals surface area contributed by atoms with Crippen molar-refractivity contribution in [2.75, 3.05) is 34.2 Å². The van der Waals surface area contributed by atoms with Crippen LogP contribution in [-0.4, -0.2) is 51.0 Å². The quantitative estimate of drug-likeness (QED) is 0.582. The molecule has 0 saturated heterocycles. The highest BCUT2D eigenvalue weighted by molar-refractivity contribution is 5.94. The maximum atomic E-state index is 12.9. The molecule has 0 aliphatic rings. The van der Waals surface area contributed by atoms with Gasteiger partial charge in [-0.2, -0.15) is 0 Å². The summed E-state index contributed by atoms with van der Waals surface area (Å²) < 4.78 is 12.9. The number of nitrogens with zero attached hydrogens (tertiary/aromatic N) is 2. The number of benzene rings is 2. The molecule has 2 aromatic carbocycles. The van der Waals surface area contributed by atoms with E-state index >= 15 is 0 Å². The fourth-order valence-corrected chi connectivity index (χ4v) is 2.64. The van der Waals surface area contributed by atoms with Crippen LogP contribution >= 0.6 is 0 Å². The van der Waals surface area contributed by atoms with Gasteiger partial charge in [-0.3, -0.25) is 9.79 Å². The van der Waals surface area contributed by atoms with E-state index in [0.29, 0.717) is 18.7 Å². The first-order valence-corrected chi connectivity index (χ1v) is 8.99. The van der Waals surface area contributed by atoms with Crippen molar-refractivity contribution in [2.45, 2.75) is 12.8 Å². The Morgan fingerprint density at radius 3 is 2.22 bits per heavy atom. The van der Waals surface area contributed by atoms with Crippen molar-refractivity contribution in [1.29, 1.82) is 0 Å². The van der Waals surface area contributed by atoms with E-state index in [2.05, 4.69) is 15.6 Å². The van der Waals surface area contributed by atoms with Crippen molar-refractivity contribution in [3.05, 3.63) is 71.0 Å². The van der Waals surface area contributed by atoms with E-state index in [1.54, 1.807) is 38.2 Å². The van der Waals surface area contributed by atoms with Gasteiger partial charge in [0.2, 0.25) is 0 Å². The van der Waals surface area contributed by atoms with Gasteiger partial charge in [-0.25, -0.2) is 4.39 Å². The molecule has 0 bridgehead atoms. The summed E-state index contributed by atoms with van der Waals surface area (Å²) in [6, 6.07) is 14.2. The molecule has 2 aromatic rings. The van der Waals surface area contributed by atoms with Gasteiger partial charge in [-0.15, -0.1) is 0 Å². The third-order valence-corrected chi connectivity index (χ3v) is 4.13. The Labute approximate surface area is 160 Å². The second-order valence-corrected chi connectivity index (χ2v) is 6.45. The molecule has 0 aromatic heterocycles. The second-order valence-electron chi connectivity index (χ2n) is 6.45. The molecular weight excluding hydrogens is 343 g/mol. The molecule has 1 amide bonds. The fourth-order valence-electron chi connectivity index (χ4n) is 2.64. The van der Waals surface area contributed by atoms with Crippen LogP contribution in [0.4, 0.5) is 4.39 Å². The maximum absolute atomic E-state index is 12.9. The van der Waals surface area contributed by atoms with Gasteiger partial charge in [-0.1, -0.05) is 24.3 Å². The average Bonchev–Trinajstić information content (AvgIpc) is 2.67. The van der Waals surface area contributed by atoms with Crippen LogP contribution in [0.25, 0.3) is 0 Å². The van der Waals surface area contributed by atoms with Crippen molar-refractivity contribution in [2.24, 2.45) is 4.99 Å².